The van der Waals surface area contributed by atoms with Gasteiger partial charge in [0.05, 0.1) is 18.8 Å². The van der Waals surface area contributed by atoms with Gasteiger partial charge in [-0.25, -0.2) is 4.79 Å². The second-order valence-corrected chi connectivity index (χ2v) is 17.0. The molecule has 290 valence electrons. The quantitative estimate of drug-likeness (QED) is 0.124. The molecule has 2 bridgehead atoms. The van der Waals surface area contributed by atoms with E-state index in [-0.39, 0.29) is 24.8 Å². The molecular weight excluding hydrogens is 699 g/mol. The third-order valence-corrected chi connectivity index (χ3v) is 11.6. The van der Waals surface area contributed by atoms with Gasteiger partial charge in [0.1, 0.15) is 11.5 Å². The largest absolute Gasteiger partial charge is 0.457 e. The minimum absolute atomic E-state index is 0.0144. The van der Waals surface area contributed by atoms with Gasteiger partial charge in [-0.2, -0.15) is 0 Å². The van der Waals surface area contributed by atoms with Crippen molar-refractivity contribution in [1.29, 1.82) is 0 Å². The molecule has 2 aliphatic heterocycles. The van der Waals surface area contributed by atoms with Crippen LogP contribution in [0.3, 0.4) is 0 Å². The number of likely N-dealkylation sites (tertiary alicyclic amines) is 1. The van der Waals surface area contributed by atoms with Gasteiger partial charge in [0, 0.05) is 43.3 Å². The lowest BCUT2D eigenvalue weighted by Gasteiger charge is -2.41. The molecule has 3 aliphatic rings. The monoisotopic (exact) mass is 751 g/mol. The van der Waals surface area contributed by atoms with Crippen LogP contribution in [0, 0.1) is 10.8 Å². The third kappa shape index (κ3) is 9.00. The van der Waals surface area contributed by atoms with E-state index >= 15 is 0 Å². The lowest BCUT2D eigenvalue weighted by atomic mass is 9.65. The fourth-order valence-corrected chi connectivity index (χ4v) is 9.44. The molecule has 0 radical (unpaired) electrons. The van der Waals surface area contributed by atoms with Crippen LogP contribution in [0.4, 0.5) is 10.5 Å². The van der Waals surface area contributed by atoms with E-state index in [1.807, 2.05) is 84.9 Å². The predicted molar refractivity (Wildman–Crippen MR) is 220 cm³/mol. The van der Waals surface area contributed by atoms with E-state index in [0.29, 0.717) is 34.9 Å². The number of carbonyl (C=O) groups excluding carboxylic acids is 1. The van der Waals surface area contributed by atoms with Crippen LogP contribution in [0.15, 0.2) is 127 Å². The summed E-state index contributed by atoms with van der Waals surface area (Å²) in [5, 5.41) is 15.6. The van der Waals surface area contributed by atoms with Gasteiger partial charge in [0.25, 0.3) is 0 Å². The second-order valence-electron chi connectivity index (χ2n) is 17.0. The topological polar surface area (TPSA) is 92.3 Å². The summed E-state index contributed by atoms with van der Waals surface area (Å²) in [4.78, 5) is 15.6. The molecule has 2 amide bonds. The summed E-state index contributed by atoms with van der Waals surface area (Å²) in [5.41, 5.74) is 7.44. The van der Waals surface area contributed by atoms with E-state index in [4.69, 9.17) is 14.2 Å². The number of urea groups is 1. The highest BCUT2D eigenvalue weighted by molar-refractivity contribution is 5.89. The Labute approximate surface area is 330 Å². The zero-order valence-electron chi connectivity index (χ0n) is 32.6. The average Bonchev–Trinajstić information content (AvgIpc) is 3.44. The van der Waals surface area contributed by atoms with Crippen LogP contribution in [0.2, 0.25) is 0 Å². The number of aliphatic hydroxyl groups is 1. The van der Waals surface area contributed by atoms with Gasteiger partial charge in [-0.3, -0.25) is 4.90 Å². The molecule has 1 aliphatic carbocycles. The zero-order chi connectivity index (χ0) is 38.7. The van der Waals surface area contributed by atoms with E-state index in [1.54, 1.807) is 0 Å². The molecule has 5 atom stereocenters. The summed E-state index contributed by atoms with van der Waals surface area (Å²) in [5.74, 6) is 1.45. The number of nitrogens with one attached hydrogen (secondary N) is 2. The molecule has 2 heterocycles. The number of fused-ring (bicyclic) bond motifs is 2. The minimum Gasteiger partial charge on any atom is -0.457 e. The van der Waals surface area contributed by atoms with Gasteiger partial charge in [-0.05, 0) is 94.3 Å². The lowest BCUT2D eigenvalue weighted by molar-refractivity contribution is -0.253. The second kappa shape index (κ2) is 16.2. The van der Waals surface area contributed by atoms with Crippen molar-refractivity contribution in [3.63, 3.8) is 0 Å². The maximum atomic E-state index is 12.9. The normalized spacial score (nSPS) is 24.4. The van der Waals surface area contributed by atoms with Crippen molar-refractivity contribution in [2.75, 3.05) is 18.4 Å². The molecule has 3 N–H and O–H groups in total. The molecular formula is C48H53N3O5. The Morgan fingerprint density at radius 2 is 1.50 bits per heavy atom. The summed E-state index contributed by atoms with van der Waals surface area (Å²) < 4.78 is 19.4. The van der Waals surface area contributed by atoms with Crippen molar-refractivity contribution in [3.05, 3.63) is 150 Å². The number of amides is 2. The minimum atomic E-state index is -0.515. The van der Waals surface area contributed by atoms with Crippen molar-refractivity contribution >= 4 is 11.7 Å². The molecule has 8 nitrogen and oxygen atoms in total. The van der Waals surface area contributed by atoms with E-state index in [2.05, 4.69) is 78.8 Å². The number of ether oxygens (including phenoxy) is 3. The Morgan fingerprint density at radius 1 is 0.804 bits per heavy atom. The number of hydrogen-bond donors (Lipinski definition) is 3. The maximum absolute atomic E-state index is 12.9. The summed E-state index contributed by atoms with van der Waals surface area (Å²) in [7, 11) is 0. The van der Waals surface area contributed by atoms with Gasteiger partial charge in [0.15, 0.2) is 6.29 Å². The Balaban J connectivity index is 0.932. The first-order chi connectivity index (χ1) is 27.1. The lowest BCUT2D eigenvalue weighted by Crippen LogP contribution is -2.42. The fraction of sp³-hybridized carbons (Fsp3) is 0.354. The number of carbonyl (C=O) groups is 1. The van der Waals surface area contributed by atoms with Crippen LogP contribution in [0.1, 0.15) is 81.1 Å². The molecule has 5 aromatic rings. The summed E-state index contributed by atoms with van der Waals surface area (Å²) >= 11 is 0. The average molecular weight is 752 g/mol. The predicted octanol–water partition coefficient (Wildman–Crippen LogP) is 10.4. The molecule has 8 heteroatoms. The van der Waals surface area contributed by atoms with Crippen molar-refractivity contribution in [2.24, 2.45) is 10.8 Å². The highest BCUT2D eigenvalue weighted by atomic mass is 16.7. The van der Waals surface area contributed by atoms with Crippen molar-refractivity contribution in [2.45, 2.75) is 84.1 Å². The Kier molecular flexibility index (Phi) is 11.0. The van der Waals surface area contributed by atoms with Gasteiger partial charge in [-0.1, -0.05) is 112 Å². The molecule has 2 unspecified atom stereocenters. The Morgan fingerprint density at radius 3 is 2.25 bits per heavy atom. The first kappa shape index (κ1) is 37.9. The smallest absolute Gasteiger partial charge is 0.319 e. The van der Waals surface area contributed by atoms with E-state index in [0.717, 1.165) is 58.6 Å². The standard InChI is InChI=1S/C48H53N3O5/c1-47(2)26-39-27-48(3,31-47)32-51(39)29-42-25-44(35-15-13-33(30-52)14-16-35)56-45(55-42)36-19-17-34(18-20-36)43-12-8-7-9-37(43)28-49-46(53)50-38-21-23-41(24-22-38)54-40-10-5-4-6-11-40/h4-24,39,42,44-45,52H,25-32H2,1-3H3,(H2,49,50,53)/t39?,42-,44+,45+,48?/m1/s1. The highest BCUT2D eigenvalue weighted by Gasteiger charge is 2.50. The van der Waals surface area contributed by atoms with Crippen LogP contribution in [-0.2, 0) is 22.6 Å². The van der Waals surface area contributed by atoms with Gasteiger partial charge < -0.3 is 30.0 Å². The number of hydrogen-bond acceptors (Lipinski definition) is 6. The van der Waals surface area contributed by atoms with Crippen molar-refractivity contribution in [3.8, 4) is 22.6 Å². The van der Waals surface area contributed by atoms with Gasteiger partial charge in [0.2, 0.25) is 0 Å². The molecule has 2 saturated heterocycles. The van der Waals surface area contributed by atoms with Gasteiger partial charge in [-0.15, -0.1) is 0 Å². The molecule has 8 rings (SSSR count). The Bertz CT molecular complexity index is 2090. The molecule has 5 aromatic carbocycles. The molecule has 3 fully saturated rings. The summed E-state index contributed by atoms with van der Waals surface area (Å²) in [6, 6.07) is 41.9. The number of anilines is 1. The molecule has 0 aromatic heterocycles. The van der Waals surface area contributed by atoms with Crippen LogP contribution in [0.5, 0.6) is 11.5 Å². The number of benzene rings is 5. The summed E-state index contributed by atoms with van der Waals surface area (Å²) in [6.07, 6.45) is 3.90. The number of nitrogens with zero attached hydrogens (tertiary/aromatic N) is 1. The first-order valence-corrected chi connectivity index (χ1v) is 19.9. The van der Waals surface area contributed by atoms with Crippen LogP contribution in [0.25, 0.3) is 11.1 Å². The van der Waals surface area contributed by atoms with E-state index in [9.17, 15) is 9.90 Å². The van der Waals surface area contributed by atoms with Crippen LogP contribution in [-0.4, -0.2) is 41.3 Å². The number of rotatable bonds is 11. The first-order valence-electron chi connectivity index (χ1n) is 19.9. The van der Waals surface area contributed by atoms with Crippen LogP contribution >= 0.6 is 0 Å². The molecule has 0 spiro atoms. The fourth-order valence-electron chi connectivity index (χ4n) is 9.44. The van der Waals surface area contributed by atoms with Crippen molar-refractivity contribution in [1.82, 2.24) is 10.2 Å². The van der Waals surface area contributed by atoms with Crippen LogP contribution < -0.4 is 15.4 Å². The molecule has 1 saturated carbocycles. The zero-order valence-corrected chi connectivity index (χ0v) is 32.6. The van der Waals surface area contributed by atoms with E-state index in [1.165, 1.54) is 19.3 Å². The third-order valence-electron chi connectivity index (χ3n) is 11.6. The number of aliphatic hydroxyl groups excluding tert-OH is 1. The maximum Gasteiger partial charge on any atom is 0.319 e. The molecule has 56 heavy (non-hydrogen) atoms. The van der Waals surface area contributed by atoms with Crippen molar-refractivity contribution < 1.29 is 24.1 Å². The van der Waals surface area contributed by atoms with E-state index < -0.39 is 6.29 Å². The number of para-hydroxylation sites is 1. The highest BCUT2D eigenvalue weighted by Crippen LogP contribution is 2.53. The van der Waals surface area contributed by atoms with Gasteiger partial charge >= 0.3 is 6.03 Å². The Hall–Kier alpha value is -4.99. The SMILES string of the molecule is CC1(C)CC2CC(C)(CN2C[C@H]2C[C@@H](c3ccc(CO)cc3)O[C@@H](c3ccc(-c4ccccc4CNC(=O)Nc4ccc(Oc5ccccc5)cc4)cc3)O2)C1. The summed E-state index contributed by atoms with van der Waals surface area (Å²) in [6.45, 7) is 9.70.